The van der Waals surface area contributed by atoms with Crippen LogP contribution in [0.2, 0.25) is 0 Å². The molecule has 26 heavy (non-hydrogen) atoms. The zero-order chi connectivity index (χ0) is 17.8. The van der Waals surface area contributed by atoms with E-state index in [1.165, 1.54) is 5.69 Å². The van der Waals surface area contributed by atoms with Crippen molar-refractivity contribution in [3.63, 3.8) is 0 Å². The first-order valence-corrected chi connectivity index (χ1v) is 9.96. The molecule has 1 aromatic rings. The Labute approximate surface area is 156 Å². The van der Waals surface area contributed by atoms with E-state index in [1.807, 2.05) is 12.1 Å². The minimum atomic E-state index is 0.173. The molecule has 0 spiro atoms. The number of carbonyl (C=O) groups excluding carboxylic acids is 1. The van der Waals surface area contributed by atoms with Crippen molar-refractivity contribution in [3.05, 3.63) is 24.3 Å². The number of ether oxygens (including phenoxy) is 1. The van der Waals surface area contributed by atoms with Crippen LogP contribution in [0.3, 0.4) is 0 Å². The van der Waals surface area contributed by atoms with E-state index in [0.29, 0.717) is 0 Å². The van der Waals surface area contributed by atoms with Crippen LogP contribution in [0.5, 0.6) is 0 Å². The Morgan fingerprint density at radius 1 is 0.923 bits per heavy atom. The molecule has 0 radical (unpaired) electrons. The Morgan fingerprint density at radius 2 is 1.54 bits per heavy atom. The van der Waals surface area contributed by atoms with Gasteiger partial charge in [0, 0.05) is 69.7 Å². The van der Waals surface area contributed by atoms with Crippen LogP contribution in [-0.4, -0.2) is 81.3 Å². The molecule has 0 atom stereocenters. The van der Waals surface area contributed by atoms with Crippen molar-refractivity contribution >= 4 is 17.3 Å². The molecule has 4 rings (SSSR count). The van der Waals surface area contributed by atoms with Gasteiger partial charge in [0.2, 0.25) is 5.91 Å². The summed E-state index contributed by atoms with van der Waals surface area (Å²) in [5.41, 5.74) is 2.16. The second kappa shape index (κ2) is 8.37. The van der Waals surface area contributed by atoms with Crippen molar-refractivity contribution in [2.75, 3.05) is 75.8 Å². The lowest BCUT2D eigenvalue weighted by atomic mass is 10.2. The number of morpholine rings is 1. The molecule has 1 aliphatic carbocycles. The number of nitrogens with zero attached hydrogens (tertiary/aromatic N) is 3. The van der Waals surface area contributed by atoms with Crippen LogP contribution in [0.1, 0.15) is 12.8 Å². The zero-order valence-corrected chi connectivity index (χ0v) is 15.5. The molecule has 6 heteroatoms. The average Bonchev–Trinajstić information content (AvgIpc) is 3.54. The van der Waals surface area contributed by atoms with Gasteiger partial charge in [-0.2, -0.15) is 0 Å². The summed E-state index contributed by atoms with van der Waals surface area (Å²) in [7, 11) is 0. The second-order valence-electron chi connectivity index (χ2n) is 7.59. The molecule has 0 unspecified atom stereocenters. The first-order valence-electron chi connectivity index (χ1n) is 9.96. The number of piperazine rings is 1. The van der Waals surface area contributed by atoms with Crippen LogP contribution < -0.4 is 10.2 Å². The predicted molar refractivity (Wildman–Crippen MR) is 104 cm³/mol. The highest BCUT2D eigenvalue weighted by atomic mass is 16.5. The van der Waals surface area contributed by atoms with Gasteiger partial charge in [-0.05, 0) is 37.1 Å². The maximum atomic E-state index is 11.8. The van der Waals surface area contributed by atoms with Gasteiger partial charge in [-0.15, -0.1) is 0 Å². The molecule has 142 valence electrons. The monoisotopic (exact) mass is 358 g/mol. The minimum absolute atomic E-state index is 0.173. The molecule has 3 aliphatic rings. The molecule has 1 saturated carbocycles. The summed E-state index contributed by atoms with van der Waals surface area (Å²) >= 11 is 0. The first-order chi connectivity index (χ1) is 12.8. The summed E-state index contributed by atoms with van der Waals surface area (Å²) in [4.78, 5) is 19.3. The lowest BCUT2D eigenvalue weighted by Gasteiger charge is -2.37. The van der Waals surface area contributed by atoms with Crippen LogP contribution in [0.15, 0.2) is 24.3 Å². The number of anilines is 2. The Morgan fingerprint density at radius 3 is 2.15 bits per heavy atom. The molecular weight excluding hydrogens is 328 g/mol. The topological polar surface area (TPSA) is 48.1 Å². The molecule has 0 aromatic heterocycles. The Balaban J connectivity index is 1.20. The van der Waals surface area contributed by atoms with Gasteiger partial charge in [-0.1, -0.05) is 0 Å². The van der Waals surface area contributed by atoms with Gasteiger partial charge in [-0.25, -0.2) is 0 Å². The van der Waals surface area contributed by atoms with Crippen molar-refractivity contribution in [1.82, 2.24) is 9.80 Å². The standard InChI is InChI=1S/C20H30N4O2/c25-20(17-1-2-17)21-18-3-5-19(6-4-18)24-11-9-22(10-12-24)7-8-23-13-15-26-16-14-23/h3-6,17H,1-2,7-16H2,(H,21,25). The van der Waals surface area contributed by atoms with E-state index in [2.05, 4.69) is 32.1 Å². The van der Waals surface area contributed by atoms with Gasteiger partial charge in [0.15, 0.2) is 0 Å². The van der Waals surface area contributed by atoms with E-state index in [1.54, 1.807) is 0 Å². The lowest BCUT2D eigenvalue weighted by Crippen LogP contribution is -2.49. The number of amides is 1. The molecule has 2 heterocycles. The maximum absolute atomic E-state index is 11.8. The summed E-state index contributed by atoms with van der Waals surface area (Å²) in [5, 5.41) is 3.01. The zero-order valence-electron chi connectivity index (χ0n) is 15.5. The molecule has 1 N–H and O–H groups in total. The van der Waals surface area contributed by atoms with E-state index in [0.717, 1.165) is 84.1 Å². The second-order valence-corrected chi connectivity index (χ2v) is 7.59. The van der Waals surface area contributed by atoms with Gasteiger partial charge < -0.3 is 15.0 Å². The van der Waals surface area contributed by atoms with Crippen LogP contribution in [0, 0.1) is 5.92 Å². The number of hydrogen-bond donors (Lipinski definition) is 1. The Hall–Kier alpha value is -1.63. The highest BCUT2D eigenvalue weighted by Gasteiger charge is 2.29. The van der Waals surface area contributed by atoms with Crippen LogP contribution in [-0.2, 0) is 9.53 Å². The van der Waals surface area contributed by atoms with Crippen molar-refractivity contribution in [1.29, 1.82) is 0 Å². The van der Waals surface area contributed by atoms with E-state index >= 15 is 0 Å². The normalized spacial score (nSPS) is 22.4. The number of carbonyl (C=O) groups is 1. The number of rotatable bonds is 6. The van der Waals surface area contributed by atoms with Crippen molar-refractivity contribution in [2.24, 2.45) is 5.92 Å². The van der Waals surface area contributed by atoms with Gasteiger partial charge in [-0.3, -0.25) is 14.6 Å². The van der Waals surface area contributed by atoms with Crippen LogP contribution in [0.25, 0.3) is 0 Å². The number of nitrogens with one attached hydrogen (secondary N) is 1. The largest absolute Gasteiger partial charge is 0.379 e. The Bertz CT molecular complexity index is 588. The fourth-order valence-corrected chi connectivity index (χ4v) is 3.68. The molecule has 0 bridgehead atoms. The third-order valence-corrected chi connectivity index (χ3v) is 5.66. The average molecular weight is 358 g/mol. The highest BCUT2D eigenvalue weighted by molar-refractivity contribution is 5.94. The molecule has 3 fully saturated rings. The SMILES string of the molecule is O=C(Nc1ccc(N2CCN(CCN3CCOCC3)CC2)cc1)C1CC1. The lowest BCUT2D eigenvalue weighted by molar-refractivity contribution is -0.117. The van der Waals surface area contributed by atoms with Gasteiger partial charge >= 0.3 is 0 Å². The molecule has 2 aliphatic heterocycles. The van der Waals surface area contributed by atoms with E-state index in [-0.39, 0.29) is 11.8 Å². The maximum Gasteiger partial charge on any atom is 0.227 e. The minimum Gasteiger partial charge on any atom is -0.379 e. The molecule has 2 saturated heterocycles. The molecular formula is C20H30N4O2. The predicted octanol–water partition coefficient (Wildman–Crippen LogP) is 1.49. The summed E-state index contributed by atoms with van der Waals surface area (Å²) in [5.74, 6) is 0.423. The summed E-state index contributed by atoms with van der Waals surface area (Å²) in [6.45, 7) is 10.6. The fourth-order valence-electron chi connectivity index (χ4n) is 3.68. The summed E-state index contributed by atoms with van der Waals surface area (Å²) in [6, 6.07) is 8.32. The van der Waals surface area contributed by atoms with Crippen LogP contribution >= 0.6 is 0 Å². The van der Waals surface area contributed by atoms with E-state index in [4.69, 9.17) is 4.74 Å². The molecule has 1 aromatic carbocycles. The Kier molecular flexibility index (Phi) is 5.72. The van der Waals surface area contributed by atoms with Crippen molar-refractivity contribution in [3.8, 4) is 0 Å². The number of benzene rings is 1. The van der Waals surface area contributed by atoms with Crippen LogP contribution in [0.4, 0.5) is 11.4 Å². The third-order valence-electron chi connectivity index (χ3n) is 5.66. The molecule has 6 nitrogen and oxygen atoms in total. The van der Waals surface area contributed by atoms with Crippen molar-refractivity contribution in [2.45, 2.75) is 12.8 Å². The number of hydrogen-bond acceptors (Lipinski definition) is 5. The van der Waals surface area contributed by atoms with Gasteiger partial charge in [0.05, 0.1) is 13.2 Å². The van der Waals surface area contributed by atoms with Gasteiger partial charge in [0.25, 0.3) is 0 Å². The summed E-state index contributed by atoms with van der Waals surface area (Å²) in [6.07, 6.45) is 2.08. The van der Waals surface area contributed by atoms with Gasteiger partial charge in [0.1, 0.15) is 0 Å². The fraction of sp³-hybridized carbons (Fsp3) is 0.650. The third kappa shape index (κ3) is 4.75. The smallest absolute Gasteiger partial charge is 0.227 e. The quantitative estimate of drug-likeness (QED) is 0.835. The highest BCUT2D eigenvalue weighted by Crippen LogP contribution is 2.30. The molecule has 1 amide bonds. The first kappa shape index (κ1) is 17.8. The van der Waals surface area contributed by atoms with Crippen molar-refractivity contribution < 1.29 is 9.53 Å². The van der Waals surface area contributed by atoms with E-state index < -0.39 is 0 Å². The van der Waals surface area contributed by atoms with E-state index in [9.17, 15) is 4.79 Å². The summed E-state index contributed by atoms with van der Waals surface area (Å²) < 4.78 is 5.41.